The van der Waals surface area contributed by atoms with Crippen molar-refractivity contribution in [3.63, 3.8) is 0 Å². The lowest BCUT2D eigenvalue weighted by Gasteiger charge is -2.23. The largest absolute Gasteiger partial charge is 0.573 e. The second-order valence-corrected chi connectivity index (χ2v) is 7.29. The quantitative estimate of drug-likeness (QED) is 0.640. The maximum atomic E-state index is 12.9. The fourth-order valence-corrected chi connectivity index (χ4v) is 3.57. The van der Waals surface area contributed by atoms with Crippen LogP contribution in [0.1, 0.15) is 29.2 Å². The third kappa shape index (κ3) is 5.93. The van der Waals surface area contributed by atoms with E-state index < -0.39 is 6.36 Å². The van der Waals surface area contributed by atoms with Gasteiger partial charge in [0.1, 0.15) is 15.6 Å². The Balaban J connectivity index is 2.22. The molecule has 0 radical (unpaired) electrons. The van der Waals surface area contributed by atoms with E-state index in [0.717, 1.165) is 13.1 Å². The Morgan fingerprint density at radius 1 is 1.21 bits per heavy atom. The van der Waals surface area contributed by atoms with Crippen LogP contribution in [0.2, 0.25) is 0 Å². The Morgan fingerprint density at radius 3 is 2.54 bits per heavy atom. The summed E-state index contributed by atoms with van der Waals surface area (Å²) in [5.74, 6) is -0.431. The molecule has 9 heteroatoms. The number of rotatable bonds is 8. The van der Waals surface area contributed by atoms with Crippen LogP contribution in [0.25, 0.3) is 10.6 Å². The van der Waals surface area contributed by atoms with Gasteiger partial charge in [0, 0.05) is 25.2 Å². The second-order valence-electron chi connectivity index (χ2n) is 6.29. The zero-order valence-corrected chi connectivity index (χ0v) is 17.2. The van der Waals surface area contributed by atoms with Gasteiger partial charge in [-0.2, -0.15) is 0 Å². The summed E-state index contributed by atoms with van der Waals surface area (Å²) in [7, 11) is 1.99. The number of nitrogens with zero attached hydrogens (tertiary/aromatic N) is 3. The molecule has 0 saturated heterocycles. The molecule has 0 spiro atoms. The fraction of sp³-hybridized carbons (Fsp3) is 0.474. The van der Waals surface area contributed by atoms with E-state index in [4.69, 9.17) is 0 Å². The van der Waals surface area contributed by atoms with Crippen molar-refractivity contribution in [2.45, 2.75) is 27.1 Å². The Morgan fingerprint density at radius 2 is 1.93 bits per heavy atom. The van der Waals surface area contributed by atoms with E-state index in [1.54, 1.807) is 17.9 Å². The van der Waals surface area contributed by atoms with E-state index in [-0.39, 0.29) is 11.7 Å². The molecular formula is C19H24F3N3O2S. The molecule has 0 N–H and O–H groups in total. The zero-order chi connectivity index (χ0) is 20.9. The molecule has 0 unspecified atom stereocenters. The molecular weight excluding hydrogens is 391 g/mol. The van der Waals surface area contributed by atoms with Gasteiger partial charge >= 0.3 is 6.36 Å². The molecule has 0 aliphatic carbocycles. The van der Waals surface area contributed by atoms with Gasteiger partial charge in [-0.05, 0) is 39.6 Å². The normalized spacial score (nSPS) is 11.7. The highest BCUT2D eigenvalue weighted by molar-refractivity contribution is 7.17. The Labute approximate surface area is 166 Å². The van der Waals surface area contributed by atoms with Gasteiger partial charge in [-0.25, -0.2) is 4.98 Å². The van der Waals surface area contributed by atoms with Gasteiger partial charge in [0.2, 0.25) is 0 Å². The number of alkyl halides is 3. The summed E-state index contributed by atoms with van der Waals surface area (Å²) < 4.78 is 41.3. The van der Waals surface area contributed by atoms with Crippen molar-refractivity contribution in [2.75, 3.05) is 33.2 Å². The smallest absolute Gasteiger partial charge is 0.406 e. The summed E-state index contributed by atoms with van der Waals surface area (Å²) in [6.07, 6.45) is -4.76. The maximum Gasteiger partial charge on any atom is 0.573 e. The van der Waals surface area contributed by atoms with Gasteiger partial charge in [-0.3, -0.25) is 4.79 Å². The van der Waals surface area contributed by atoms with Gasteiger partial charge in [-0.15, -0.1) is 24.5 Å². The summed E-state index contributed by atoms with van der Waals surface area (Å²) in [6, 6.07) is 5.61. The van der Waals surface area contributed by atoms with Crippen LogP contribution < -0.4 is 4.74 Å². The maximum absolute atomic E-state index is 12.9. The van der Waals surface area contributed by atoms with Gasteiger partial charge < -0.3 is 14.5 Å². The molecule has 1 aromatic heterocycles. The number of aryl methyl sites for hydroxylation is 1. The topological polar surface area (TPSA) is 45.7 Å². The summed E-state index contributed by atoms with van der Waals surface area (Å²) in [4.78, 5) is 21.7. The van der Waals surface area contributed by atoms with E-state index in [2.05, 4.69) is 14.6 Å². The number of carbonyl (C=O) groups is 1. The molecule has 154 valence electrons. The Kier molecular flexibility index (Phi) is 7.42. The van der Waals surface area contributed by atoms with E-state index >= 15 is 0 Å². The molecule has 2 rings (SSSR count). The number of amides is 1. The highest BCUT2D eigenvalue weighted by Gasteiger charge is 2.31. The van der Waals surface area contributed by atoms with E-state index in [9.17, 15) is 18.0 Å². The molecule has 2 aromatic rings. The summed E-state index contributed by atoms with van der Waals surface area (Å²) in [5.41, 5.74) is 1.04. The van der Waals surface area contributed by atoms with Crippen LogP contribution in [0.5, 0.6) is 5.75 Å². The number of aromatic nitrogens is 1. The fourth-order valence-electron chi connectivity index (χ4n) is 2.54. The van der Waals surface area contributed by atoms with Crippen molar-refractivity contribution < 1.29 is 22.7 Å². The minimum absolute atomic E-state index is 0.115. The molecule has 5 nitrogen and oxygen atoms in total. The predicted molar refractivity (Wildman–Crippen MR) is 104 cm³/mol. The summed E-state index contributed by atoms with van der Waals surface area (Å²) in [6.45, 7) is 8.52. The lowest BCUT2D eigenvalue weighted by molar-refractivity contribution is -0.274. The number of likely N-dealkylation sites (N-methyl/N-ethyl adjacent to an activating group) is 2. The lowest BCUT2D eigenvalue weighted by atomic mass is 10.2. The monoisotopic (exact) mass is 415 g/mol. The van der Waals surface area contributed by atoms with Gasteiger partial charge in [0.15, 0.2) is 0 Å². The number of thiazole rings is 1. The number of hydrogen-bond donors (Lipinski definition) is 0. The van der Waals surface area contributed by atoms with E-state index in [0.29, 0.717) is 34.2 Å². The number of hydrogen-bond acceptors (Lipinski definition) is 5. The summed E-state index contributed by atoms with van der Waals surface area (Å²) >= 11 is 1.18. The van der Waals surface area contributed by atoms with Gasteiger partial charge in [-0.1, -0.05) is 19.1 Å². The van der Waals surface area contributed by atoms with Crippen molar-refractivity contribution in [1.29, 1.82) is 0 Å². The summed E-state index contributed by atoms with van der Waals surface area (Å²) in [5, 5.41) is 0.482. The third-order valence-electron chi connectivity index (χ3n) is 4.27. The van der Waals surface area contributed by atoms with Crippen LogP contribution in [0.15, 0.2) is 24.3 Å². The lowest BCUT2D eigenvalue weighted by Crippen LogP contribution is -2.37. The highest BCUT2D eigenvalue weighted by atomic mass is 32.1. The van der Waals surface area contributed by atoms with E-state index in [1.807, 2.05) is 20.9 Å². The van der Waals surface area contributed by atoms with Crippen LogP contribution in [-0.2, 0) is 0 Å². The molecule has 0 atom stereocenters. The second kappa shape index (κ2) is 9.38. The molecule has 1 aromatic carbocycles. The van der Waals surface area contributed by atoms with Crippen LogP contribution in [0.4, 0.5) is 13.2 Å². The zero-order valence-electron chi connectivity index (χ0n) is 16.3. The molecule has 28 heavy (non-hydrogen) atoms. The minimum atomic E-state index is -4.76. The molecule has 0 fully saturated rings. The first-order chi connectivity index (χ1) is 13.1. The number of carbonyl (C=O) groups excluding carboxylic acids is 1. The first kappa shape index (κ1) is 22.2. The van der Waals surface area contributed by atoms with E-state index in [1.165, 1.54) is 29.5 Å². The van der Waals surface area contributed by atoms with Crippen molar-refractivity contribution in [3.8, 4) is 16.3 Å². The van der Waals surface area contributed by atoms with Gasteiger partial charge in [0.05, 0.1) is 5.69 Å². The van der Waals surface area contributed by atoms with Crippen LogP contribution in [0.3, 0.4) is 0 Å². The SMILES string of the molecule is CCN(C)CCN(CC)C(=O)c1sc(-c2cccc(OC(F)(F)F)c2)nc1C. The molecule has 0 saturated carbocycles. The molecule has 0 aliphatic rings. The van der Waals surface area contributed by atoms with Crippen molar-refractivity contribution >= 4 is 17.2 Å². The van der Waals surface area contributed by atoms with Crippen molar-refractivity contribution in [3.05, 3.63) is 34.8 Å². The van der Waals surface area contributed by atoms with Crippen LogP contribution >= 0.6 is 11.3 Å². The molecule has 0 bridgehead atoms. The van der Waals surface area contributed by atoms with Crippen molar-refractivity contribution in [1.82, 2.24) is 14.8 Å². The van der Waals surface area contributed by atoms with Gasteiger partial charge in [0.25, 0.3) is 5.91 Å². The average Bonchev–Trinajstić information content (AvgIpc) is 3.02. The molecule has 0 aliphatic heterocycles. The first-order valence-corrected chi connectivity index (χ1v) is 9.77. The van der Waals surface area contributed by atoms with Crippen LogP contribution in [-0.4, -0.2) is 60.3 Å². The molecule has 1 heterocycles. The minimum Gasteiger partial charge on any atom is -0.406 e. The predicted octanol–water partition coefficient (Wildman–Crippen LogP) is 4.43. The number of ether oxygens (including phenoxy) is 1. The Hall–Kier alpha value is -2.13. The number of benzene rings is 1. The Bertz CT molecular complexity index is 808. The molecule has 1 amide bonds. The van der Waals surface area contributed by atoms with Crippen molar-refractivity contribution in [2.24, 2.45) is 0 Å². The number of halogens is 3. The third-order valence-corrected chi connectivity index (χ3v) is 5.46. The highest BCUT2D eigenvalue weighted by Crippen LogP contribution is 2.32. The van der Waals surface area contributed by atoms with Crippen LogP contribution in [0, 0.1) is 6.92 Å². The standard InChI is InChI=1S/C19H24F3N3O2S/c1-5-24(4)10-11-25(6-2)18(26)16-13(3)23-17(28-16)14-8-7-9-15(12-14)27-19(20,21)22/h7-9,12H,5-6,10-11H2,1-4H3. The first-order valence-electron chi connectivity index (χ1n) is 8.96. The average molecular weight is 415 g/mol.